The Hall–Kier alpha value is -0.570. The van der Waals surface area contributed by atoms with Crippen LogP contribution in [0, 0.1) is 12.8 Å². The van der Waals surface area contributed by atoms with Gasteiger partial charge in [0.2, 0.25) is 0 Å². The number of rotatable bonds is 6. The summed E-state index contributed by atoms with van der Waals surface area (Å²) in [5.74, 6) is 0.761. The highest BCUT2D eigenvalue weighted by atomic mass is 35.5. The van der Waals surface area contributed by atoms with Crippen LogP contribution in [0.4, 0.5) is 0 Å². The smallest absolute Gasteiger partial charge is 0.0468 e. The Morgan fingerprint density at radius 1 is 1.35 bits per heavy atom. The Labute approximate surface area is 127 Å². The highest BCUT2D eigenvalue weighted by Gasteiger charge is 2.21. The van der Waals surface area contributed by atoms with Crippen LogP contribution < -0.4 is 5.32 Å². The summed E-state index contributed by atoms with van der Waals surface area (Å²) in [5.41, 5.74) is 2.58. The standard InChI is InChI=1S/C17H26ClNO/c1-3-9-19-17(12-14-7-10-20-11-8-14)15-5-4-6-16(18)13(15)2/h4-6,14,17,19H,3,7-12H2,1-2H3. The largest absolute Gasteiger partial charge is 0.381 e. The van der Waals surface area contributed by atoms with E-state index in [0.717, 1.165) is 37.1 Å². The van der Waals surface area contributed by atoms with E-state index < -0.39 is 0 Å². The van der Waals surface area contributed by atoms with Crippen molar-refractivity contribution in [3.63, 3.8) is 0 Å². The molecular weight excluding hydrogens is 270 g/mol. The molecule has 3 heteroatoms. The minimum Gasteiger partial charge on any atom is -0.381 e. The van der Waals surface area contributed by atoms with Crippen molar-refractivity contribution in [2.45, 2.75) is 45.6 Å². The summed E-state index contributed by atoms with van der Waals surface area (Å²) in [6.07, 6.45) is 4.71. The summed E-state index contributed by atoms with van der Waals surface area (Å²) in [6.45, 7) is 7.23. The topological polar surface area (TPSA) is 21.3 Å². The predicted octanol–water partition coefficient (Wildman–Crippen LogP) is 4.51. The van der Waals surface area contributed by atoms with Gasteiger partial charge < -0.3 is 10.1 Å². The Kier molecular flexibility index (Phi) is 6.34. The number of hydrogen-bond acceptors (Lipinski definition) is 2. The molecule has 1 aliphatic heterocycles. The van der Waals surface area contributed by atoms with E-state index in [-0.39, 0.29) is 0 Å². The predicted molar refractivity (Wildman–Crippen MR) is 85.4 cm³/mol. The molecule has 1 saturated heterocycles. The number of ether oxygens (including phenoxy) is 1. The van der Waals surface area contributed by atoms with Crippen LogP contribution in [0.3, 0.4) is 0 Å². The molecule has 1 N–H and O–H groups in total. The van der Waals surface area contributed by atoms with Crippen molar-refractivity contribution in [3.8, 4) is 0 Å². The zero-order valence-corrected chi connectivity index (χ0v) is 13.4. The van der Waals surface area contributed by atoms with Crippen LogP contribution in [-0.4, -0.2) is 19.8 Å². The summed E-state index contributed by atoms with van der Waals surface area (Å²) in [6, 6.07) is 6.67. The van der Waals surface area contributed by atoms with Crippen molar-refractivity contribution >= 4 is 11.6 Å². The maximum absolute atomic E-state index is 6.29. The molecule has 0 bridgehead atoms. The second-order valence-electron chi connectivity index (χ2n) is 5.75. The molecule has 0 aliphatic carbocycles. The monoisotopic (exact) mass is 295 g/mol. The Morgan fingerprint density at radius 2 is 2.10 bits per heavy atom. The van der Waals surface area contributed by atoms with Crippen LogP contribution in [0.2, 0.25) is 5.02 Å². The fourth-order valence-electron chi connectivity index (χ4n) is 2.96. The Balaban J connectivity index is 2.11. The number of nitrogens with one attached hydrogen (secondary N) is 1. The molecule has 112 valence electrons. The third-order valence-electron chi connectivity index (χ3n) is 4.24. The first-order valence-corrected chi connectivity index (χ1v) is 8.16. The third-order valence-corrected chi connectivity index (χ3v) is 4.65. The van der Waals surface area contributed by atoms with Crippen molar-refractivity contribution in [2.24, 2.45) is 5.92 Å². The van der Waals surface area contributed by atoms with Crippen molar-refractivity contribution in [1.29, 1.82) is 0 Å². The molecule has 0 spiro atoms. The summed E-state index contributed by atoms with van der Waals surface area (Å²) < 4.78 is 5.47. The summed E-state index contributed by atoms with van der Waals surface area (Å²) in [7, 11) is 0. The quantitative estimate of drug-likeness (QED) is 0.834. The molecule has 2 rings (SSSR count). The first-order chi connectivity index (χ1) is 9.72. The lowest BCUT2D eigenvalue weighted by atomic mass is 9.88. The van der Waals surface area contributed by atoms with Crippen molar-refractivity contribution in [2.75, 3.05) is 19.8 Å². The van der Waals surface area contributed by atoms with E-state index in [9.17, 15) is 0 Å². The van der Waals surface area contributed by atoms with Gasteiger partial charge in [-0.2, -0.15) is 0 Å². The fourth-order valence-corrected chi connectivity index (χ4v) is 3.14. The fraction of sp³-hybridized carbons (Fsp3) is 0.647. The molecule has 1 unspecified atom stereocenters. The average Bonchev–Trinajstić information content (AvgIpc) is 2.48. The molecule has 1 aliphatic rings. The molecule has 1 heterocycles. The van der Waals surface area contributed by atoms with Gasteiger partial charge in [-0.25, -0.2) is 0 Å². The molecule has 2 nitrogen and oxygen atoms in total. The van der Waals surface area contributed by atoms with Gasteiger partial charge >= 0.3 is 0 Å². The zero-order chi connectivity index (χ0) is 14.4. The minimum absolute atomic E-state index is 0.414. The van der Waals surface area contributed by atoms with Crippen molar-refractivity contribution in [3.05, 3.63) is 34.3 Å². The Morgan fingerprint density at radius 3 is 2.80 bits per heavy atom. The molecule has 0 amide bonds. The van der Waals surface area contributed by atoms with E-state index >= 15 is 0 Å². The van der Waals surface area contributed by atoms with E-state index in [1.807, 2.05) is 6.07 Å². The van der Waals surface area contributed by atoms with Crippen molar-refractivity contribution < 1.29 is 4.74 Å². The van der Waals surface area contributed by atoms with Crippen LogP contribution in [0.1, 0.15) is 49.8 Å². The summed E-state index contributed by atoms with van der Waals surface area (Å²) >= 11 is 6.29. The summed E-state index contributed by atoms with van der Waals surface area (Å²) in [4.78, 5) is 0. The average molecular weight is 296 g/mol. The van der Waals surface area contributed by atoms with Crippen LogP contribution >= 0.6 is 11.6 Å². The van der Waals surface area contributed by atoms with Gasteiger partial charge in [0.05, 0.1) is 0 Å². The van der Waals surface area contributed by atoms with E-state index in [4.69, 9.17) is 16.3 Å². The van der Waals surface area contributed by atoms with Crippen molar-refractivity contribution in [1.82, 2.24) is 5.32 Å². The van der Waals surface area contributed by atoms with Crippen LogP contribution in [0.15, 0.2) is 18.2 Å². The lowest BCUT2D eigenvalue weighted by molar-refractivity contribution is 0.0605. The van der Waals surface area contributed by atoms with Gasteiger partial charge in [0, 0.05) is 24.3 Å². The maximum Gasteiger partial charge on any atom is 0.0468 e. The van der Waals surface area contributed by atoms with Gasteiger partial charge in [-0.3, -0.25) is 0 Å². The number of halogens is 1. The molecule has 0 aromatic heterocycles. The van der Waals surface area contributed by atoms with Gasteiger partial charge in [0.1, 0.15) is 0 Å². The first-order valence-electron chi connectivity index (χ1n) is 7.78. The second kappa shape index (κ2) is 8.02. The van der Waals surface area contributed by atoms with Crippen LogP contribution in [-0.2, 0) is 4.74 Å². The molecule has 1 aromatic rings. The number of hydrogen-bond donors (Lipinski definition) is 1. The van der Waals surface area contributed by atoms with Crippen LogP contribution in [0.25, 0.3) is 0 Å². The second-order valence-corrected chi connectivity index (χ2v) is 6.16. The molecule has 20 heavy (non-hydrogen) atoms. The molecule has 1 fully saturated rings. The van der Waals surface area contributed by atoms with Gasteiger partial charge in [0.15, 0.2) is 0 Å². The van der Waals surface area contributed by atoms with E-state index in [1.165, 1.54) is 30.4 Å². The molecule has 1 atom stereocenters. The normalized spacial score (nSPS) is 18.1. The van der Waals surface area contributed by atoms with Crippen LogP contribution in [0.5, 0.6) is 0 Å². The lowest BCUT2D eigenvalue weighted by Gasteiger charge is -2.28. The van der Waals surface area contributed by atoms with E-state index in [0.29, 0.717) is 6.04 Å². The minimum atomic E-state index is 0.414. The highest BCUT2D eigenvalue weighted by molar-refractivity contribution is 6.31. The SMILES string of the molecule is CCCNC(CC1CCOCC1)c1cccc(Cl)c1C. The molecule has 1 aromatic carbocycles. The first kappa shape index (κ1) is 15.8. The van der Waals surface area contributed by atoms with E-state index in [2.05, 4.69) is 31.3 Å². The van der Waals surface area contributed by atoms with Gasteiger partial charge in [0.25, 0.3) is 0 Å². The van der Waals surface area contributed by atoms with Gasteiger partial charge in [-0.05, 0) is 62.3 Å². The Bertz CT molecular complexity index is 415. The maximum atomic E-state index is 6.29. The number of benzene rings is 1. The van der Waals surface area contributed by atoms with Gasteiger partial charge in [-0.15, -0.1) is 0 Å². The lowest BCUT2D eigenvalue weighted by Crippen LogP contribution is -2.27. The highest BCUT2D eigenvalue weighted by Crippen LogP contribution is 2.31. The molecular formula is C17H26ClNO. The molecule has 0 radical (unpaired) electrons. The van der Waals surface area contributed by atoms with Gasteiger partial charge in [-0.1, -0.05) is 30.7 Å². The zero-order valence-electron chi connectivity index (χ0n) is 12.6. The third kappa shape index (κ3) is 4.21. The van der Waals surface area contributed by atoms with E-state index in [1.54, 1.807) is 0 Å². The summed E-state index contributed by atoms with van der Waals surface area (Å²) in [5, 5.41) is 4.57. The molecule has 0 saturated carbocycles.